The Morgan fingerprint density at radius 3 is 2.83 bits per heavy atom. The van der Waals surface area contributed by atoms with Gasteiger partial charge < -0.3 is 15.0 Å². The van der Waals surface area contributed by atoms with Crippen molar-refractivity contribution in [2.75, 3.05) is 43.4 Å². The Kier molecular flexibility index (Phi) is 7.18. The number of amides is 1. The van der Waals surface area contributed by atoms with Gasteiger partial charge in [-0.2, -0.15) is 0 Å². The van der Waals surface area contributed by atoms with E-state index in [-0.39, 0.29) is 17.1 Å². The zero-order valence-electron chi connectivity index (χ0n) is 23.5. The van der Waals surface area contributed by atoms with Crippen molar-refractivity contribution in [2.45, 2.75) is 52.2 Å². The lowest BCUT2D eigenvalue weighted by Crippen LogP contribution is -2.31. The molecule has 1 aromatic heterocycles. The van der Waals surface area contributed by atoms with Crippen molar-refractivity contribution in [3.05, 3.63) is 71.4 Å². The highest BCUT2D eigenvalue weighted by atomic mass is 19.1. The second-order valence-electron chi connectivity index (χ2n) is 11.9. The molecule has 1 amide bonds. The molecule has 2 fully saturated rings. The fourth-order valence-corrected chi connectivity index (χ4v) is 6.19. The minimum absolute atomic E-state index is 0.0740. The second-order valence-corrected chi connectivity index (χ2v) is 11.9. The molecule has 9 heteroatoms. The van der Waals surface area contributed by atoms with Crippen molar-refractivity contribution in [2.24, 2.45) is 5.41 Å². The van der Waals surface area contributed by atoms with Gasteiger partial charge in [0, 0.05) is 55.4 Å². The first-order valence-corrected chi connectivity index (χ1v) is 14.1. The van der Waals surface area contributed by atoms with E-state index < -0.39 is 0 Å². The van der Waals surface area contributed by atoms with Crippen molar-refractivity contribution in [3.63, 3.8) is 0 Å². The van der Waals surface area contributed by atoms with Crippen molar-refractivity contribution in [3.8, 4) is 11.5 Å². The Morgan fingerprint density at radius 1 is 1.12 bits per heavy atom. The third-order valence-electron chi connectivity index (χ3n) is 8.66. The van der Waals surface area contributed by atoms with Gasteiger partial charge in [0.15, 0.2) is 11.6 Å². The molecule has 40 heavy (non-hydrogen) atoms. The smallest absolute Gasteiger partial charge is 0.228 e. The molecule has 2 aromatic carbocycles. The Morgan fingerprint density at radius 2 is 1.98 bits per heavy atom. The minimum atomic E-state index is -0.277. The van der Waals surface area contributed by atoms with Crippen LogP contribution in [0.3, 0.4) is 0 Å². The number of rotatable bonds is 8. The fourth-order valence-electron chi connectivity index (χ4n) is 6.19. The van der Waals surface area contributed by atoms with Crippen LogP contribution in [-0.4, -0.2) is 64.9 Å². The summed E-state index contributed by atoms with van der Waals surface area (Å²) in [6.45, 7) is 9.56. The number of likely N-dealkylation sites (tertiary alicyclic amines) is 1. The Bertz CT molecular complexity index is 1410. The number of carbonyl (C=O) groups excluding carboxylic acids is 1. The van der Waals surface area contributed by atoms with Gasteiger partial charge in [-0.05, 0) is 75.7 Å². The van der Waals surface area contributed by atoms with Crippen molar-refractivity contribution in [1.29, 1.82) is 0 Å². The van der Waals surface area contributed by atoms with Crippen LogP contribution in [0.25, 0.3) is 0 Å². The number of hydrogen-bond donors (Lipinski definition) is 1. The first-order chi connectivity index (χ1) is 19.3. The van der Waals surface area contributed by atoms with Gasteiger partial charge in [-0.1, -0.05) is 12.1 Å². The summed E-state index contributed by atoms with van der Waals surface area (Å²) in [7, 11) is 2.02. The predicted octanol–water partition coefficient (Wildman–Crippen LogP) is 4.85. The molecule has 210 valence electrons. The number of fused-ring (bicyclic) bond motifs is 1. The van der Waals surface area contributed by atoms with E-state index >= 15 is 0 Å². The number of carbonyl (C=O) groups is 1. The first-order valence-electron chi connectivity index (χ1n) is 14.1. The number of anilines is 2. The normalized spacial score (nSPS) is 20.6. The van der Waals surface area contributed by atoms with E-state index in [1.807, 2.05) is 7.05 Å². The SMILES string of the molecule is CC(C)N(C)Cc1cc(F)ccc1Oc1cncnc1N1CCC2(CCN(Cc3ccc4c(c3)NC(=O)C4)C2)C1. The van der Waals surface area contributed by atoms with Gasteiger partial charge in [-0.25, -0.2) is 14.4 Å². The van der Waals surface area contributed by atoms with E-state index in [2.05, 4.69) is 62.0 Å². The molecule has 1 atom stereocenters. The summed E-state index contributed by atoms with van der Waals surface area (Å²) in [6, 6.07) is 11.4. The molecule has 8 nitrogen and oxygen atoms in total. The maximum absolute atomic E-state index is 14.1. The van der Waals surface area contributed by atoms with Gasteiger partial charge in [0.1, 0.15) is 17.9 Å². The number of nitrogens with one attached hydrogen (secondary N) is 1. The highest BCUT2D eigenvalue weighted by Gasteiger charge is 2.44. The van der Waals surface area contributed by atoms with E-state index in [0.29, 0.717) is 30.5 Å². The quantitative estimate of drug-likeness (QED) is 0.435. The second kappa shape index (κ2) is 10.8. The molecule has 1 spiro atoms. The molecule has 0 aliphatic carbocycles. The summed E-state index contributed by atoms with van der Waals surface area (Å²) in [5.41, 5.74) is 4.27. The van der Waals surface area contributed by atoms with Gasteiger partial charge in [-0.15, -0.1) is 0 Å². The number of halogens is 1. The van der Waals surface area contributed by atoms with Crippen LogP contribution in [0.5, 0.6) is 11.5 Å². The molecule has 4 heterocycles. The topological polar surface area (TPSA) is 73.8 Å². The molecule has 3 aliphatic heterocycles. The maximum atomic E-state index is 14.1. The van der Waals surface area contributed by atoms with E-state index in [4.69, 9.17) is 4.74 Å². The molecule has 6 rings (SSSR count). The van der Waals surface area contributed by atoms with Gasteiger partial charge in [0.25, 0.3) is 0 Å². The monoisotopic (exact) mass is 544 g/mol. The van der Waals surface area contributed by atoms with Crippen LogP contribution >= 0.6 is 0 Å². The van der Waals surface area contributed by atoms with Crippen molar-refractivity contribution < 1.29 is 13.9 Å². The number of aromatic nitrogens is 2. The molecule has 0 saturated carbocycles. The standard InChI is InChI=1S/C31H37FN6O2/c1-21(2)36(3)17-24-13-25(32)6-7-27(24)40-28-15-33-20-34-30(28)38-11-9-31(19-38)8-10-37(18-31)16-22-4-5-23-14-29(39)35-26(23)12-22/h4-7,12-13,15,20-21H,8-11,14,16-19H2,1-3H3,(H,35,39). The van der Waals surface area contributed by atoms with Crippen molar-refractivity contribution in [1.82, 2.24) is 19.8 Å². The number of ether oxygens (including phenoxy) is 1. The first kappa shape index (κ1) is 26.7. The van der Waals surface area contributed by atoms with Gasteiger partial charge in [0.05, 0.1) is 12.6 Å². The summed E-state index contributed by atoms with van der Waals surface area (Å²) in [4.78, 5) is 27.6. The molecule has 0 bridgehead atoms. The molecule has 3 aromatic rings. The fraction of sp³-hybridized carbons (Fsp3) is 0.452. The molecule has 1 N–H and O–H groups in total. The third-order valence-corrected chi connectivity index (χ3v) is 8.66. The lowest BCUT2D eigenvalue weighted by Gasteiger charge is -2.26. The van der Waals surface area contributed by atoms with E-state index in [1.54, 1.807) is 24.7 Å². The van der Waals surface area contributed by atoms with Crippen LogP contribution in [0.2, 0.25) is 0 Å². The lowest BCUT2D eigenvalue weighted by atomic mass is 9.86. The summed E-state index contributed by atoms with van der Waals surface area (Å²) >= 11 is 0. The third kappa shape index (κ3) is 5.53. The zero-order chi connectivity index (χ0) is 27.9. The van der Waals surface area contributed by atoms with Gasteiger partial charge in [-0.3, -0.25) is 14.6 Å². The lowest BCUT2D eigenvalue weighted by molar-refractivity contribution is -0.115. The minimum Gasteiger partial charge on any atom is -0.451 e. The highest BCUT2D eigenvalue weighted by molar-refractivity contribution is 5.99. The summed E-state index contributed by atoms with van der Waals surface area (Å²) in [6.07, 6.45) is 5.98. The van der Waals surface area contributed by atoms with Crippen LogP contribution in [-0.2, 0) is 24.3 Å². The number of nitrogens with zero attached hydrogens (tertiary/aromatic N) is 5. The maximum Gasteiger partial charge on any atom is 0.228 e. The van der Waals surface area contributed by atoms with Crippen molar-refractivity contribution >= 4 is 17.4 Å². The Balaban J connectivity index is 1.14. The average molecular weight is 545 g/mol. The molecule has 3 aliphatic rings. The summed E-state index contributed by atoms with van der Waals surface area (Å²) < 4.78 is 20.5. The molecular formula is C31H37FN6O2. The highest BCUT2D eigenvalue weighted by Crippen LogP contribution is 2.43. The molecule has 0 radical (unpaired) electrons. The largest absolute Gasteiger partial charge is 0.451 e. The van der Waals surface area contributed by atoms with Crippen LogP contribution < -0.4 is 15.0 Å². The number of benzene rings is 2. The van der Waals surface area contributed by atoms with E-state index in [9.17, 15) is 9.18 Å². The zero-order valence-corrected chi connectivity index (χ0v) is 23.5. The number of hydrogen-bond acceptors (Lipinski definition) is 7. The average Bonchev–Trinajstić information content (AvgIpc) is 3.63. The Hall–Kier alpha value is -3.56. The molecule has 2 saturated heterocycles. The van der Waals surface area contributed by atoms with Gasteiger partial charge >= 0.3 is 0 Å². The predicted molar refractivity (Wildman–Crippen MR) is 153 cm³/mol. The van der Waals surface area contributed by atoms with Crippen LogP contribution in [0.15, 0.2) is 48.9 Å². The summed E-state index contributed by atoms with van der Waals surface area (Å²) in [5, 5.41) is 2.97. The Labute approximate surface area is 235 Å². The molecule has 1 unspecified atom stereocenters. The molecular weight excluding hydrogens is 507 g/mol. The van der Waals surface area contributed by atoms with E-state index in [1.165, 1.54) is 11.6 Å². The van der Waals surface area contributed by atoms with Crippen LogP contribution in [0.4, 0.5) is 15.9 Å². The van der Waals surface area contributed by atoms with Crippen LogP contribution in [0.1, 0.15) is 43.4 Å². The summed E-state index contributed by atoms with van der Waals surface area (Å²) in [5.74, 6) is 1.80. The van der Waals surface area contributed by atoms with Gasteiger partial charge in [0.2, 0.25) is 5.91 Å². The van der Waals surface area contributed by atoms with E-state index in [0.717, 1.165) is 68.2 Å². The van der Waals surface area contributed by atoms with Crippen LogP contribution in [0, 0.1) is 11.2 Å².